The second-order valence-electron chi connectivity index (χ2n) is 8.94. The minimum absolute atomic E-state index is 0.0487. The molecule has 9 heteroatoms. The first-order valence-corrected chi connectivity index (χ1v) is 11.7. The Morgan fingerprint density at radius 3 is 2.75 bits per heavy atom. The molecule has 0 aliphatic heterocycles. The van der Waals surface area contributed by atoms with Crippen LogP contribution in [0.3, 0.4) is 0 Å². The number of nitrogens with zero attached hydrogens (tertiary/aromatic N) is 5. The molecule has 0 saturated heterocycles. The van der Waals surface area contributed by atoms with E-state index in [1.54, 1.807) is 24.8 Å². The van der Waals surface area contributed by atoms with Gasteiger partial charge in [-0.05, 0) is 54.8 Å². The fourth-order valence-electron chi connectivity index (χ4n) is 4.41. The first-order chi connectivity index (χ1) is 17.7. The third kappa shape index (κ3) is 3.58. The van der Waals surface area contributed by atoms with E-state index in [1.807, 2.05) is 48.7 Å². The fraction of sp³-hybridized carbons (Fsp3) is 0.111. The Hall–Kier alpha value is -4.92. The van der Waals surface area contributed by atoms with Gasteiger partial charge in [0.05, 0.1) is 28.8 Å². The van der Waals surface area contributed by atoms with Crippen LogP contribution < -0.4 is 5.32 Å². The van der Waals surface area contributed by atoms with Gasteiger partial charge in [-0.1, -0.05) is 6.07 Å². The summed E-state index contributed by atoms with van der Waals surface area (Å²) in [5, 5.41) is 11.6. The highest BCUT2D eigenvalue weighted by Crippen LogP contribution is 2.34. The Balaban J connectivity index is 1.28. The Bertz CT molecular complexity index is 1750. The summed E-state index contributed by atoms with van der Waals surface area (Å²) in [7, 11) is 0. The molecule has 6 heterocycles. The summed E-state index contributed by atoms with van der Waals surface area (Å²) in [6.45, 7) is 0. The van der Waals surface area contributed by atoms with Crippen molar-refractivity contribution >= 4 is 33.7 Å². The van der Waals surface area contributed by atoms with Crippen molar-refractivity contribution in [2.75, 3.05) is 5.32 Å². The number of H-pyrrole nitrogens is 2. The summed E-state index contributed by atoms with van der Waals surface area (Å²) in [5.41, 5.74) is 8.12. The van der Waals surface area contributed by atoms with Gasteiger partial charge in [-0.2, -0.15) is 5.10 Å². The van der Waals surface area contributed by atoms with Crippen molar-refractivity contribution in [3.05, 3.63) is 73.4 Å². The monoisotopic (exact) mass is 472 g/mol. The maximum absolute atomic E-state index is 12.2. The van der Waals surface area contributed by atoms with E-state index >= 15 is 0 Å². The van der Waals surface area contributed by atoms with Crippen LogP contribution in [0.4, 0.5) is 5.69 Å². The zero-order valence-electron chi connectivity index (χ0n) is 19.1. The van der Waals surface area contributed by atoms with Crippen LogP contribution in [0.2, 0.25) is 0 Å². The highest BCUT2D eigenvalue weighted by molar-refractivity contribution is 5.99. The first-order valence-electron chi connectivity index (χ1n) is 11.7. The van der Waals surface area contributed by atoms with Crippen LogP contribution in [0.25, 0.3) is 55.8 Å². The van der Waals surface area contributed by atoms with Crippen LogP contribution in [0.15, 0.2) is 73.4 Å². The number of anilines is 1. The highest BCUT2D eigenvalue weighted by atomic mass is 16.2. The molecule has 9 nitrogen and oxygen atoms in total. The number of rotatable bonds is 5. The third-order valence-corrected chi connectivity index (χ3v) is 6.42. The number of nitrogens with one attached hydrogen (secondary N) is 3. The molecule has 6 aromatic heterocycles. The zero-order chi connectivity index (χ0) is 24.1. The molecule has 0 bridgehead atoms. The van der Waals surface area contributed by atoms with E-state index < -0.39 is 0 Å². The summed E-state index contributed by atoms with van der Waals surface area (Å²) >= 11 is 0. The predicted octanol–water partition coefficient (Wildman–Crippen LogP) is 4.97. The number of carbonyl (C=O) groups is 1. The molecule has 0 unspecified atom stereocenters. The van der Waals surface area contributed by atoms with Crippen molar-refractivity contribution in [3.8, 4) is 33.8 Å². The van der Waals surface area contributed by atoms with Crippen LogP contribution >= 0.6 is 0 Å². The number of aromatic nitrogens is 7. The predicted molar refractivity (Wildman–Crippen MR) is 137 cm³/mol. The van der Waals surface area contributed by atoms with Gasteiger partial charge in [-0.15, -0.1) is 0 Å². The van der Waals surface area contributed by atoms with Crippen LogP contribution in [0.1, 0.15) is 12.8 Å². The number of hydrogen-bond donors (Lipinski definition) is 3. The van der Waals surface area contributed by atoms with Crippen molar-refractivity contribution in [3.63, 3.8) is 0 Å². The van der Waals surface area contributed by atoms with Gasteiger partial charge >= 0.3 is 0 Å². The molecular weight excluding hydrogens is 452 g/mol. The molecule has 7 rings (SSSR count). The maximum atomic E-state index is 12.2. The Morgan fingerprint density at radius 2 is 1.89 bits per heavy atom. The van der Waals surface area contributed by atoms with Gasteiger partial charge < -0.3 is 10.3 Å². The lowest BCUT2D eigenvalue weighted by Gasteiger charge is -2.06. The van der Waals surface area contributed by atoms with Gasteiger partial charge in [0, 0.05) is 47.2 Å². The maximum Gasteiger partial charge on any atom is 0.227 e. The number of pyridine rings is 4. The number of amides is 1. The number of hydrogen-bond acceptors (Lipinski definition) is 6. The van der Waals surface area contributed by atoms with Crippen molar-refractivity contribution in [1.29, 1.82) is 0 Å². The summed E-state index contributed by atoms with van der Waals surface area (Å²) in [5.74, 6) is 0.175. The van der Waals surface area contributed by atoms with Crippen molar-refractivity contribution in [1.82, 2.24) is 35.1 Å². The summed E-state index contributed by atoms with van der Waals surface area (Å²) in [6, 6.07) is 13.7. The molecule has 1 fully saturated rings. The summed E-state index contributed by atoms with van der Waals surface area (Å²) in [4.78, 5) is 33.5. The molecule has 174 valence electrons. The molecule has 0 spiro atoms. The minimum Gasteiger partial charge on any atom is -0.338 e. The molecule has 36 heavy (non-hydrogen) atoms. The van der Waals surface area contributed by atoms with E-state index in [9.17, 15) is 4.79 Å². The average Bonchev–Trinajstić information content (AvgIpc) is 3.55. The van der Waals surface area contributed by atoms with Gasteiger partial charge in [0.25, 0.3) is 0 Å². The van der Waals surface area contributed by atoms with Crippen molar-refractivity contribution in [2.24, 2.45) is 5.92 Å². The van der Waals surface area contributed by atoms with E-state index in [4.69, 9.17) is 4.98 Å². The van der Waals surface area contributed by atoms with E-state index in [0.717, 1.165) is 63.0 Å². The molecule has 0 aromatic carbocycles. The second-order valence-corrected chi connectivity index (χ2v) is 8.94. The molecule has 0 radical (unpaired) electrons. The van der Waals surface area contributed by atoms with Gasteiger partial charge in [-0.3, -0.25) is 19.9 Å². The van der Waals surface area contributed by atoms with Gasteiger partial charge in [0.1, 0.15) is 16.9 Å². The van der Waals surface area contributed by atoms with Crippen molar-refractivity contribution in [2.45, 2.75) is 12.8 Å². The lowest BCUT2D eigenvalue weighted by Crippen LogP contribution is -2.13. The average molecular weight is 473 g/mol. The van der Waals surface area contributed by atoms with E-state index in [2.05, 4.69) is 35.5 Å². The Labute approximate surface area is 205 Å². The molecule has 1 saturated carbocycles. The van der Waals surface area contributed by atoms with Gasteiger partial charge in [0.15, 0.2) is 0 Å². The molecule has 1 aliphatic rings. The Morgan fingerprint density at radius 1 is 0.972 bits per heavy atom. The van der Waals surface area contributed by atoms with E-state index in [1.165, 1.54) is 0 Å². The normalized spacial score (nSPS) is 13.3. The Kier molecular flexibility index (Phi) is 4.60. The van der Waals surface area contributed by atoms with Gasteiger partial charge in [0.2, 0.25) is 5.91 Å². The van der Waals surface area contributed by atoms with E-state index in [0.29, 0.717) is 11.4 Å². The highest BCUT2D eigenvalue weighted by Gasteiger charge is 2.29. The summed E-state index contributed by atoms with van der Waals surface area (Å²) in [6.07, 6.45) is 10.7. The van der Waals surface area contributed by atoms with Crippen LogP contribution in [0, 0.1) is 5.92 Å². The standard InChI is InChI=1S/C27H20N8O/c36-27(15-3-4-15)31-18-10-17(13-29-14-18)21-5-6-22-24(32-21)25(35-34-22)23-11-20-19(7-9-30-26(20)33-23)16-2-1-8-28-12-16/h1-2,5-15H,3-4H2,(H,30,33)(H,31,36)(H,34,35). The quantitative estimate of drug-likeness (QED) is 0.325. The van der Waals surface area contributed by atoms with Crippen LogP contribution in [-0.2, 0) is 4.79 Å². The van der Waals surface area contributed by atoms with Gasteiger partial charge in [-0.25, -0.2) is 9.97 Å². The largest absolute Gasteiger partial charge is 0.338 e. The number of fused-ring (bicyclic) bond motifs is 2. The third-order valence-electron chi connectivity index (χ3n) is 6.42. The molecule has 1 amide bonds. The van der Waals surface area contributed by atoms with Crippen molar-refractivity contribution < 1.29 is 4.79 Å². The first kappa shape index (κ1) is 20.5. The second kappa shape index (κ2) is 8.09. The van der Waals surface area contributed by atoms with Crippen LogP contribution in [0.5, 0.6) is 0 Å². The number of carbonyl (C=O) groups excluding carboxylic acids is 1. The molecule has 0 atom stereocenters. The molecular formula is C27H20N8O. The molecule has 1 aliphatic carbocycles. The smallest absolute Gasteiger partial charge is 0.227 e. The van der Waals surface area contributed by atoms with E-state index in [-0.39, 0.29) is 11.8 Å². The topological polar surface area (TPSA) is 125 Å². The zero-order valence-corrected chi connectivity index (χ0v) is 19.1. The molecule has 6 aromatic rings. The molecule has 3 N–H and O–H groups in total. The lowest BCUT2D eigenvalue weighted by molar-refractivity contribution is -0.117. The fourth-order valence-corrected chi connectivity index (χ4v) is 4.41. The van der Waals surface area contributed by atoms with Crippen LogP contribution in [-0.4, -0.2) is 41.0 Å². The summed E-state index contributed by atoms with van der Waals surface area (Å²) < 4.78 is 0. The number of aromatic amines is 2. The SMILES string of the molecule is O=C(Nc1cncc(-c2ccc3[nH]nc(-c4cc5c(-c6cccnc6)ccnc5[nH]4)c3n2)c1)C1CC1. The lowest BCUT2D eigenvalue weighted by atomic mass is 10.1. The minimum atomic E-state index is 0.0487.